The first-order valence-corrected chi connectivity index (χ1v) is 12.4. The molecule has 4 heterocycles. The third-order valence-corrected chi connectivity index (χ3v) is 7.47. The van der Waals surface area contributed by atoms with Gasteiger partial charge in [0, 0.05) is 55.0 Å². The molecule has 0 atom stereocenters. The van der Waals surface area contributed by atoms with Gasteiger partial charge in [0.15, 0.2) is 11.5 Å². The molecule has 34 heavy (non-hydrogen) atoms. The quantitative estimate of drug-likeness (QED) is 0.424. The van der Waals surface area contributed by atoms with E-state index in [1.54, 1.807) is 16.8 Å². The highest BCUT2D eigenvalue weighted by atomic mass is 32.1. The fourth-order valence-electron chi connectivity index (χ4n) is 4.45. The number of amides is 1. The number of carbonyl (C=O) groups excluding carboxylic acids is 1. The van der Waals surface area contributed by atoms with Crippen molar-refractivity contribution in [1.82, 2.24) is 24.5 Å². The number of carbonyl (C=O) groups is 1. The van der Waals surface area contributed by atoms with Crippen LogP contribution in [0.4, 0.5) is 17.2 Å². The first-order valence-electron chi connectivity index (χ1n) is 11.6. The molecule has 1 aliphatic heterocycles. The van der Waals surface area contributed by atoms with E-state index in [-0.39, 0.29) is 0 Å². The summed E-state index contributed by atoms with van der Waals surface area (Å²) in [5, 5.41) is 9.60. The molecule has 0 radical (unpaired) electrons. The van der Waals surface area contributed by atoms with Crippen LogP contribution in [-0.2, 0) is 0 Å². The van der Waals surface area contributed by atoms with Crippen molar-refractivity contribution in [1.29, 1.82) is 0 Å². The van der Waals surface area contributed by atoms with Gasteiger partial charge < -0.3 is 16.0 Å². The number of nitrogens with one attached hydrogen (secondary N) is 1. The summed E-state index contributed by atoms with van der Waals surface area (Å²) in [6, 6.07) is 10.2. The SMILES string of the molecule is NC(=O)c1cc(-c2cnc(Nc3ccc(N4CCN(CC5CC5)CC4)cc3)c3ncnn23)cs1. The minimum Gasteiger partial charge on any atom is -0.369 e. The number of fused-ring (bicyclic) bond motifs is 1. The standard InChI is InChI=1S/C24H26N8OS/c25-22(33)21-11-17(14-34-21)20-12-26-23(24-27-15-28-32(20)24)29-18-3-5-19(6-4-18)31-9-7-30(8-10-31)13-16-1-2-16/h3-6,11-12,14-16H,1-2,7-10,13H2,(H2,25,33)(H,26,29). The lowest BCUT2D eigenvalue weighted by atomic mass is 10.2. The smallest absolute Gasteiger partial charge is 0.258 e. The molecule has 6 rings (SSSR count). The van der Waals surface area contributed by atoms with Gasteiger partial charge in [0.05, 0.1) is 16.8 Å². The second-order valence-electron chi connectivity index (χ2n) is 8.95. The number of thiophene rings is 1. The van der Waals surface area contributed by atoms with Crippen LogP contribution < -0.4 is 16.0 Å². The number of nitrogens with two attached hydrogens (primary N) is 1. The fraction of sp³-hybridized carbons (Fsp3) is 0.333. The van der Waals surface area contributed by atoms with Crippen molar-refractivity contribution >= 4 is 40.1 Å². The average molecular weight is 475 g/mol. The Morgan fingerprint density at radius 3 is 2.62 bits per heavy atom. The van der Waals surface area contributed by atoms with Crippen LogP contribution in [0.2, 0.25) is 0 Å². The van der Waals surface area contributed by atoms with Gasteiger partial charge in [0.2, 0.25) is 0 Å². The highest BCUT2D eigenvalue weighted by Gasteiger charge is 2.26. The first kappa shape index (κ1) is 21.1. The Balaban J connectivity index is 1.16. The molecule has 9 nitrogen and oxygen atoms in total. The molecule has 174 valence electrons. The summed E-state index contributed by atoms with van der Waals surface area (Å²) in [5.74, 6) is 1.13. The van der Waals surface area contributed by atoms with Gasteiger partial charge in [0.25, 0.3) is 5.91 Å². The van der Waals surface area contributed by atoms with Crippen molar-refractivity contribution in [2.24, 2.45) is 11.7 Å². The number of rotatable bonds is 7. The largest absolute Gasteiger partial charge is 0.369 e. The molecule has 1 amide bonds. The maximum absolute atomic E-state index is 11.5. The third-order valence-electron chi connectivity index (χ3n) is 6.52. The molecule has 3 aromatic heterocycles. The van der Waals surface area contributed by atoms with Crippen LogP contribution in [0, 0.1) is 5.92 Å². The van der Waals surface area contributed by atoms with Gasteiger partial charge in [0.1, 0.15) is 6.33 Å². The van der Waals surface area contributed by atoms with Crippen molar-refractivity contribution in [3.05, 3.63) is 53.1 Å². The van der Waals surface area contributed by atoms with E-state index in [2.05, 4.69) is 54.4 Å². The van der Waals surface area contributed by atoms with E-state index < -0.39 is 5.91 Å². The van der Waals surface area contributed by atoms with Gasteiger partial charge in [-0.1, -0.05) is 0 Å². The van der Waals surface area contributed by atoms with Crippen molar-refractivity contribution in [2.45, 2.75) is 12.8 Å². The van der Waals surface area contributed by atoms with Crippen LogP contribution in [0.1, 0.15) is 22.5 Å². The Bertz CT molecular complexity index is 1320. The Labute approximate surface area is 201 Å². The van der Waals surface area contributed by atoms with Gasteiger partial charge in [-0.3, -0.25) is 9.69 Å². The normalized spacial score (nSPS) is 16.8. The Kier molecular flexibility index (Phi) is 5.39. The van der Waals surface area contributed by atoms with E-state index in [0.717, 1.165) is 49.0 Å². The third kappa shape index (κ3) is 4.22. The molecule has 1 saturated heterocycles. The fourth-order valence-corrected chi connectivity index (χ4v) is 5.20. The molecule has 2 aliphatic rings. The van der Waals surface area contributed by atoms with Gasteiger partial charge in [-0.25, -0.2) is 14.5 Å². The predicted molar refractivity (Wildman–Crippen MR) is 134 cm³/mol. The molecular weight excluding hydrogens is 448 g/mol. The maximum atomic E-state index is 11.5. The molecule has 0 spiro atoms. The van der Waals surface area contributed by atoms with E-state index in [1.807, 2.05) is 5.38 Å². The van der Waals surface area contributed by atoms with Gasteiger partial charge in [-0.05, 0) is 49.1 Å². The summed E-state index contributed by atoms with van der Waals surface area (Å²) < 4.78 is 1.72. The zero-order valence-corrected chi connectivity index (χ0v) is 19.5. The van der Waals surface area contributed by atoms with E-state index >= 15 is 0 Å². The Morgan fingerprint density at radius 1 is 1.12 bits per heavy atom. The van der Waals surface area contributed by atoms with Crippen molar-refractivity contribution in [3.8, 4) is 11.3 Å². The molecule has 1 aliphatic carbocycles. The number of anilines is 3. The van der Waals surface area contributed by atoms with E-state index in [0.29, 0.717) is 16.3 Å². The lowest BCUT2D eigenvalue weighted by molar-refractivity contribution is 0.100. The minimum atomic E-state index is -0.444. The van der Waals surface area contributed by atoms with Crippen LogP contribution in [0.25, 0.3) is 16.9 Å². The molecule has 1 saturated carbocycles. The predicted octanol–water partition coefficient (Wildman–Crippen LogP) is 3.23. The highest BCUT2D eigenvalue weighted by molar-refractivity contribution is 7.12. The highest BCUT2D eigenvalue weighted by Crippen LogP contribution is 2.31. The number of piperazine rings is 1. The lowest BCUT2D eigenvalue weighted by Gasteiger charge is -2.36. The Morgan fingerprint density at radius 2 is 1.91 bits per heavy atom. The molecule has 3 N–H and O–H groups in total. The van der Waals surface area contributed by atoms with Crippen molar-refractivity contribution < 1.29 is 4.79 Å². The lowest BCUT2D eigenvalue weighted by Crippen LogP contribution is -2.47. The van der Waals surface area contributed by atoms with Crippen LogP contribution >= 0.6 is 11.3 Å². The van der Waals surface area contributed by atoms with Crippen molar-refractivity contribution in [2.75, 3.05) is 42.9 Å². The van der Waals surface area contributed by atoms with Crippen molar-refractivity contribution in [3.63, 3.8) is 0 Å². The Hall–Kier alpha value is -3.50. The number of hydrogen-bond acceptors (Lipinski definition) is 8. The van der Waals surface area contributed by atoms with E-state index in [1.165, 1.54) is 42.7 Å². The minimum absolute atomic E-state index is 0.444. The summed E-state index contributed by atoms with van der Waals surface area (Å²) in [4.78, 5) is 26.0. The molecule has 0 unspecified atom stereocenters. The summed E-state index contributed by atoms with van der Waals surface area (Å²) in [6.45, 7) is 5.70. The number of benzene rings is 1. The van der Waals surface area contributed by atoms with Gasteiger partial charge in [-0.2, -0.15) is 5.10 Å². The molecule has 0 bridgehead atoms. The van der Waals surface area contributed by atoms with E-state index in [9.17, 15) is 4.79 Å². The zero-order valence-electron chi connectivity index (χ0n) is 18.7. The average Bonchev–Trinajstić information content (AvgIpc) is 3.32. The summed E-state index contributed by atoms with van der Waals surface area (Å²) in [5.41, 5.74) is 9.77. The summed E-state index contributed by atoms with van der Waals surface area (Å²) >= 11 is 1.30. The monoisotopic (exact) mass is 474 g/mol. The number of primary amides is 1. The van der Waals surface area contributed by atoms with Crippen LogP contribution in [-0.4, -0.2) is 63.1 Å². The van der Waals surface area contributed by atoms with Gasteiger partial charge in [-0.15, -0.1) is 11.3 Å². The molecule has 2 fully saturated rings. The van der Waals surface area contributed by atoms with E-state index in [4.69, 9.17) is 5.73 Å². The number of nitrogens with zero attached hydrogens (tertiary/aromatic N) is 6. The van der Waals surface area contributed by atoms with Crippen LogP contribution in [0.3, 0.4) is 0 Å². The number of hydrogen-bond donors (Lipinski definition) is 2. The zero-order chi connectivity index (χ0) is 23.1. The molecule has 1 aromatic carbocycles. The summed E-state index contributed by atoms with van der Waals surface area (Å²) in [6.07, 6.45) is 6.06. The number of aromatic nitrogens is 4. The maximum Gasteiger partial charge on any atom is 0.258 e. The first-order chi connectivity index (χ1) is 16.6. The second-order valence-corrected chi connectivity index (χ2v) is 9.87. The van der Waals surface area contributed by atoms with Crippen LogP contribution in [0.5, 0.6) is 0 Å². The second kappa shape index (κ2) is 8.69. The van der Waals surface area contributed by atoms with Gasteiger partial charge >= 0.3 is 0 Å². The molecule has 10 heteroatoms. The topological polar surface area (TPSA) is 105 Å². The van der Waals surface area contributed by atoms with Crippen LogP contribution in [0.15, 0.2) is 48.2 Å². The summed E-state index contributed by atoms with van der Waals surface area (Å²) in [7, 11) is 0. The molecular formula is C24H26N8OS. The molecule has 4 aromatic rings.